The molecule has 0 spiro atoms. The zero-order valence-corrected chi connectivity index (χ0v) is 25.8. The first-order valence-electron chi connectivity index (χ1n) is 15.5. The number of fused-ring (bicyclic) bond motifs is 1. The molecule has 0 unspecified atom stereocenters. The van der Waals surface area contributed by atoms with Gasteiger partial charge in [0.2, 0.25) is 5.91 Å². The number of nitrogens with zero attached hydrogens (tertiary/aromatic N) is 3. The van der Waals surface area contributed by atoms with Crippen molar-refractivity contribution in [2.45, 2.75) is 65.1 Å². The number of hydrogen-bond acceptors (Lipinski definition) is 8. The Morgan fingerprint density at radius 1 is 1.14 bits per heavy atom. The Morgan fingerprint density at radius 2 is 1.95 bits per heavy atom. The van der Waals surface area contributed by atoms with Crippen molar-refractivity contribution < 1.29 is 14.3 Å². The van der Waals surface area contributed by atoms with Crippen molar-refractivity contribution in [2.24, 2.45) is 5.92 Å². The van der Waals surface area contributed by atoms with Gasteiger partial charge in [-0.05, 0) is 77.2 Å². The lowest BCUT2D eigenvalue weighted by Gasteiger charge is -2.23. The summed E-state index contributed by atoms with van der Waals surface area (Å²) in [6.45, 7) is 10.3. The summed E-state index contributed by atoms with van der Waals surface area (Å²) in [5.74, 6) is 1.31. The molecule has 10 heteroatoms. The van der Waals surface area contributed by atoms with E-state index in [9.17, 15) is 9.59 Å². The van der Waals surface area contributed by atoms with Gasteiger partial charge in [0.25, 0.3) is 5.91 Å². The molecule has 2 amide bonds. The zero-order valence-electron chi connectivity index (χ0n) is 25.8. The third-order valence-electron chi connectivity index (χ3n) is 7.98. The highest BCUT2D eigenvalue weighted by atomic mass is 16.5. The molecule has 3 heterocycles. The molecule has 4 rings (SSSR count). The van der Waals surface area contributed by atoms with Crippen molar-refractivity contribution in [3.8, 4) is 11.3 Å². The van der Waals surface area contributed by atoms with E-state index in [0.29, 0.717) is 31.0 Å². The van der Waals surface area contributed by atoms with Gasteiger partial charge in [0.15, 0.2) is 0 Å². The van der Waals surface area contributed by atoms with Crippen LogP contribution in [-0.2, 0) is 22.6 Å². The van der Waals surface area contributed by atoms with E-state index in [2.05, 4.69) is 71.4 Å². The number of likely N-dealkylation sites (N-methyl/N-ethyl adjacent to an activating group) is 2. The minimum Gasteiger partial charge on any atom is -0.381 e. The first-order valence-corrected chi connectivity index (χ1v) is 15.5. The molecule has 10 nitrogen and oxygen atoms in total. The summed E-state index contributed by atoms with van der Waals surface area (Å²) < 4.78 is 5.39. The van der Waals surface area contributed by atoms with Crippen LogP contribution in [-0.4, -0.2) is 81.2 Å². The summed E-state index contributed by atoms with van der Waals surface area (Å²) in [6.07, 6.45) is 3.98. The summed E-state index contributed by atoms with van der Waals surface area (Å²) in [5.41, 5.74) is 7.95. The van der Waals surface area contributed by atoms with Crippen LogP contribution in [0.5, 0.6) is 0 Å². The number of rotatable bonds is 15. The summed E-state index contributed by atoms with van der Waals surface area (Å²) in [7, 11) is 4.08. The lowest BCUT2D eigenvalue weighted by molar-refractivity contribution is -0.121. The fraction of sp³-hybridized carbons (Fsp3) is 0.594. The minimum absolute atomic E-state index is 0.0831. The van der Waals surface area contributed by atoms with Crippen LogP contribution in [0.2, 0.25) is 0 Å². The molecule has 4 N–H and O–H groups in total. The molecule has 0 atom stereocenters. The molecule has 2 aliphatic rings. The number of carbonyl (C=O) groups is 2. The second-order valence-corrected chi connectivity index (χ2v) is 11.8. The number of pyridine rings is 1. The van der Waals surface area contributed by atoms with Gasteiger partial charge >= 0.3 is 0 Å². The molecular formula is C32H49N7O3. The first kappa shape index (κ1) is 31.9. The van der Waals surface area contributed by atoms with Gasteiger partial charge in [-0.1, -0.05) is 18.2 Å². The molecule has 1 aromatic carbocycles. The monoisotopic (exact) mass is 579 g/mol. The molecule has 0 bridgehead atoms. The minimum atomic E-state index is -0.103. The van der Waals surface area contributed by atoms with E-state index >= 15 is 0 Å². The van der Waals surface area contributed by atoms with Gasteiger partial charge in [0.05, 0.1) is 5.69 Å². The fourth-order valence-electron chi connectivity index (χ4n) is 5.48. The maximum Gasteiger partial charge on any atom is 0.251 e. The Bertz CT molecular complexity index is 1180. The number of anilines is 1. The number of ether oxygens (including phenoxy) is 1. The summed E-state index contributed by atoms with van der Waals surface area (Å²) in [5, 5.41) is 11.4. The summed E-state index contributed by atoms with van der Waals surface area (Å²) in [6, 6.07) is 10.5. The van der Waals surface area contributed by atoms with Crippen LogP contribution < -0.4 is 26.4 Å². The van der Waals surface area contributed by atoms with Crippen molar-refractivity contribution in [1.82, 2.24) is 31.3 Å². The third kappa shape index (κ3) is 8.97. The second-order valence-electron chi connectivity index (χ2n) is 11.8. The molecule has 230 valence electrons. The van der Waals surface area contributed by atoms with E-state index in [4.69, 9.17) is 9.72 Å². The van der Waals surface area contributed by atoms with E-state index in [1.165, 1.54) is 5.56 Å². The van der Waals surface area contributed by atoms with Gasteiger partial charge in [0.1, 0.15) is 5.82 Å². The number of nitrogens with one attached hydrogen (secondary N) is 4. The van der Waals surface area contributed by atoms with Crippen molar-refractivity contribution in [3.05, 3.63) is 47.0 Å². The first-order chi connectivity index (χ1) is 20.4. The molecule has 42 heavy (non-hydrogen) atoms. The van der Waals surface area contributed by atoms with Crippen LogP contribution in [0.15, 0.2) is 30.3 Å². The predicted molar refractivity (Wildman–Crippen MR) is 167 cm³/mol. The van der Waals surface area contributed by atoms with Crippen molar-refractivity contribution in [2.75, 3.05) is 58.5 Å². The van der Waals surface area contributed by atoms with Crippen LogP contribution in [0, 0.1) is 5.92 Å². The molecule has 1 fully saturated rings. The van der Waals surface area contributed by atoms with E-state index < -0.39 is 0 Å². The van der Waals surface area contributed by atoms with E-state index in [1.54, 1.807) is 0 Å². The largest absolute Gasteiger partial charge is 0.381 e. The van der Waals surface area contributed by atoms with Gasteiger partial charge in [-0.15, -0.1) is 0 Å². The summed E-state index contributed by atoms with van der Waals surface area (Å²) >= 11 is 0. The van der Waals surface area contributed by atoms with Gasteiger partial charge in [-0.2, -0.15) is 0 Å². The number of unbranched alkanes of at least 4 members (excludes halogenated alkanes) is 1. The van der Waals surface area contributed by atoms with Crippen molar-refractivity contribution in [1.29, 1.82) is 0 Å². The van der Waals surface area contributed by atoms with E-state index in [-0.39, 0.29) is 17.9 Å². The van der Waals surface area contributed by atoms with Crippen LogP contribution in [0.3, 0.4) is 0 Å². The zero-order chi connectivity index (χ0) is 29.9. The number of aromatic nitrogens is 1. The smallest absolute Gasteiger partial charge is 0.251 e. The Labute approximate surface area is 250 Å². The lowest BCUT2D eigenvalue weighted by atomic mass is 10.0. The number of hydrazine groups is 1. The molecule has 1 aromatic heterocycles. The maximum atomic E-state index is 13.5. The maximum absolute atomic E-state index is 13.5. The Hall–Kier alpha value is -3.05. The lowest BCUT2D eigenvalue weighted by Crippen LogP contribution is -2.38. The topological polar surface area (TPSA) is 111 Å². The number of benzene rings is 1. The van der Waals surface area contributed by atoms with Gasteiger partial charge in [0, 0.05) is 81.6 Å². The van der Waals surface area contributed by atoms with Gasteiger partial charge in [-0.25, -0.2) is 10.4 Å². The van der Waals surface area contributed by atoms with Crippen LogP contribution in [0.25, 0.3) is 11.3 Å². The quantitative estimate of drug-likeness (QED) is 0.238. The highest BCUT2D eigenvalue weighted by Gasteiger charge is 2.28. The van der Waals surface area contributed by atoms with Gasteiger partial charge < -0.3 is 25.6 Å². The van der Waals surface area contributed by atoms with E-state index in [0.717, 1.165) is 87.7 Å². The third-order valence-corrected chi connectivity index (χ3v) is 7.98. The number of amides is 2. The molecule has 2 aliphatic heterocycles. The molecular weight excluding hydrogens is 530 g/mol. The predicted octanol–water partition coefficient (Wildman–Crippen LogP) is 3.08. The summed E-state index contributed by atoms with van der Waals surface area (Å²) in [4.78, 5) is 33.0. The van der Waals surface area contributed by atoms with Crippen molar-refractivity contribution >= 4 is 17.6 Å². The van der Waals surface area contributed by atoms with Crippen LogP contribution in [0.1, 0.15) is 67.4 Å². The Kier molecular flexibility index (Phi) is 12.1. The molecule has 0 radical (unpaired) electrons. The number of hydrogen-bond donors (Lipinski definition) is 4. The van der Waals surface area contributed by atoms with Crippen LogP contribution in [0.4, 0.5) is 5.82 Å². The average molecular weight is 580 g/mol. The Morgan fingerprint density at radius 3 is 2.71 bits per heavy atom. The SMILES string of the molecule is CNCCN(C)Cc1cccc(-c2cc(C(=O)NCCCCC(=O)NCC3CCOCC3)c3c(n2)N(C(C)C)NC3)c1. The van der Waals surface area contributed by atoms with E-state index in [1.807, 2.05) is 18.1 Å². The molecule has 0 aliphatic carbocycles. The van der Waals surface area contributed by atoms with Crippen LogP contribution >= 0.6 is 0 Å². The van der Waals surface area contributed by atoms with Gasteiger partial charge in [-0.3, -0.25) is 14.6 Å². The second kappa shape index (κ2) is 16.0. The standard InChI is InChI=1S/C32H49N7O3/c1-23(2)39-31-28(21-36-39)27(19-29(37-31)26-9-7-8-25(18-26)22-38(4)15-14-33-3)32(41)34-13-6-5-10-30(40)35-20-24-11-16-42-17-12-24/h7-9,18-19,23-24,33,36H,5-6,10-17,20-22H2,1-4H3,(H,34,41)(H,35,40). The highest BCUT2D eigenvalue weighted by Crippen LogP contribution is 2.32. The molecule has 0 saturated carbocycles. The fourth-order valence-corrected chi connectivity index (χ4v) is 5.48. The average Bonchev–Trinajstić information content (AvgIpc) is 3.43. The Balaban J connectivity index is 1.38. The normalized spacial score (nSPS) is 15.3. The molecule has 1 saturated heterocycles. The highest BCUT2D eigenvalue weighted by molar-refractivity contribution is 5.98. The van der Waals surface area contributed by atoms with Crippen molar-refractivity contribution in [3.63, 3.8) is 0 Å². The number of carbonyl (C=O) groups excluding carboxylic acids is 2. The molecule has 2 aromatic rings.